The van der Waals surface area contributed by atoms with Gasteiger partial charge >= 0.3 is 0 Å². The Kier molecular flexibility index (Phi) is 6.08. The maximum atomic E-state index is 11.6. The first-order valence-corrected chi connectivity index (χ1v) is 10.6. The highest BCUT2D eigenvalue weighted by Gasteiger charge is 2.24. The van der Waals surface area contributed by atoms with Crippen LogP contribution in [0.5, 0.6) is 5.75 Å². The number of carbonyl (C=O) groups excluding carboxylic acids is 1. The van der Waals surface area contributed by atoms with Crippen LogP contribution in [0.1, 0.15) is 30.9 Å². The van der Waals surface area contributed by atoms with Crippen molar-refractivity contribution in [2.45, 2.75) is 32.7 Å². The van der Waals surface area contributed by atoms with Gasteiger partial charge in [-0.15, -0.1) is 0 Å². The Morgan fingerprint density at radius 1 is 1.25 bits per heavy atom. The lowest BCUT2D eigenvalue weighted by molar-refractivity contribution is -0.119. The molecule has 8 heteroatoms. The number of benzene rings is 2. The molecule has 1 amide bonds. The number of hydrogen-bond donors (Lipinski definition) is 2. The molecular formula is C24H26N6O2. The van der Waals surface area contributed by atoms with Gasteiger partial charge in [0.05, 0.1) is 24.3 Å². The number of nitriles is 1. The first-order valence-electron chi connectivity index (χ1n) is 10.6. The number of anilines is 3. The quantitative estimate of drug-likeness (QED) is 0.637. The van der Waals surface area contributed by atoms with Crippen molar-refractivity contribution in [3.63, 3.8) is 0 Å². The van der Waals surface area contributed by atoms with Gasteiger partial charge in [0.1, 0.15) is 11.6 Å². The van der Waals surface area contributed by atoms with Crippen LogP contribution in [-0.4, -0.2) is 42.1 Å². The minimum absolute atomic E-state index is 0.0268. The van der Waals surface area contributed by atoms with E-state index in [2.05, 4.69) is 26.6 Å². The molecule has 4 rings (SSSR count). The number of fused-ring (bicyclic) bond motifs is 1. The third kappa shape index (κ3) is 4.57. The summed E-state index contributed by atoms with van der Waals surface area (Å²) >= 11 is 0. The standard InChI is InChI=1S/C24H26N6O2/c1-15-6-7-18(11-17(15)13-25)27-24-28-22-9-8-20(32-3)12-21(22)23(29-24)30-10-4-5-19(14-30)26-16(2)31/h6-9,11-12,19H,4-5,10,14H2,1-3H3,(H,26,31)(H,27,28,29). The Morgan fingerprint density at radius 3 is 2.84 bits per heavy atom. The normalized spacial score (nSPS) is 15.8. The topological polar surface area (TPSA) is 103 Å². The molecule has 1 saturated heterocycles. The van der Waals surface area contributed by atoms with E-state index in [1.54, 1.807) is 20.1 Å². The predicted molar refractivity (Wildman–Crippen MR) is 124 cm³/mol. The lowest BCUT2D eigenvalue weighted by atomic mass is 10.0. The van der Waals surface area contributed by atoms with E-state index in [0.29, 0.717) is 18.1 Å². The van der Waals surface area contributed by atoms with Crippen LogP contribution in [0.3, 0.4) is 0 Å². The summed E-state index contributed by atoms with van der Waals surface area (Å²) in [6.07, 6.45) is 1.89. The lowest BCUT2D eigenvalue weighted by Gasteiger charge is -2.34. The summed E-state index contributed by atoms with van der Waals surface area (Å²) in [5.74, 6) is 1.95. The summed E-state index contributed by atoms with van der Waals surface area (Å²) in [5.41, 5.74) is 3.06. The minimum atomic E-state index is -0.0268. The molecule has 1 atom stereocenters. The number of aromatic nitrogens is 2. The molecule has 32 heavy (non-hydrogen) atoms. The van der Waals surface area contributed by atoms with E-state index in [0.717, 1.165) is 53.1 Å². The molecule has 1 aliphatic rings. The van der Waals surface area contributed by atoms with Crippen LogP contribution in [0.15, 0.2) is 36.4 Å². The molecule has 0 bridgehead atoms. The largest absolute Gasteiger partial charge is 0.497 e. The fourth-order valence-corrected chi connectivity index (χ4v) is 4.04. The van der Waals surface area contributed by atoms with Gasteiger partial charge in [0.25, 0.3) is 0 Å². The van der Waals surface area contributed by atoms with Gasteiger partial charge in [-0.05, 0) is 55.7 Å². The number of rotatable bonds is 5. The van der Waals surface area contributed by atoms with Gasteiger partial charge in [0, 0.05) is 37.1 Å². The highest BCUT2D eigenvalue weighted by molar-refractivity contribution is 5.92. The number of piperidine rings is 1. The Morgan fingerprint density at radius 2 is 2.09 bits per heavy atom. The number of ether oxygens (including phenoxy) is 1. The third-order valence-corrected chi connectivity index (χ3v) is 5.63. The highest BCUT2D eigenvalue weighted by atomic mass is 16.5. The third-order valence-electron chi connectivity index (χ3n) is 5.63. The molecule has 164 valence electrons. The van der Waals surface area contributed by atoms with Gasteiger partial charge < -0.3 is 20.3 Å². The van der Waals surface area contributed by atoms with Gasteiger partial charge in [-0.3, -0.25) is 4.79 Å². The van der Waals surface area contributed by atoms with Crippen molar-refractivity contribution in [3.8, 4) is 11.8 Å². The van der Waals surface area contributed by atoms with Crippen molar-refractivity contribution < 1.29 is 9.53 Å². The zero-order valence-electron chi connectivity index (χ0n) is 18.5. The van der Waals surface area contributed by atoms with Crippen molar-refractivity contribution in [3.05, 3.63) is 47.5 Å². The fraction of sp³-hybridized carbons (Fsp3) is 0.333. The smallest absolute Gasteiger partial charge is 0.229 e. The summed E-state index contributed by atoms with van der Waals surface area (Å²) in [6, 6.07) is 13.6. The summed E-state index contributed by atoms with van der Waals surface area (Å²) in [5, 5.41) is 16.5. The maximum Gasteiger partial charge on any atom is 0.229 e. The summed E-state index contributed by atoms with van der Waals surface area (Å²) in [6.45, 7) is 4.96. The van der Waals surface area contributed by atoms with Crippen molar-refractivity contribution >= 4 is 34.3 Å². The highest BCUT2D eigenvalue weighted by Crippen LogP contribution is 2.31. The second kappa shape index (κ2) is 9.10. The van der Waals surface area contributed by atoms with Crippen LogP contribution in [0, 0.1) is 18.3 Å². The van der Waals surface area contributed by atoms with Gasteiger partial charge in [-0.2, -0.15) is 10.2 Å². The number of methoxy groups -OCH3 is 1. The molecule has 2 aromatic carbocycles. The van der Waals surface area contributed by atoms with E-state index in [4.69, 9.17) is 9.72 Å². The number of nitrogens with zero attached hydrogens (tertiary/aromatic N) is 4. The van der Waals surface area contributed by atoms with E-state index in [1.165, 1.54) is 0 Å². The van der Waals surface area contributed by atoms with Gasteiger partial charge in [-0.25, -0.2) is 4.98 Å². The van der Waals surface area contributed by atoms with Crippen LogP contribution < -0.4 is 20.3 Å². The molecule has 1 fully saturated rings. The van der Waals surface area contributed by atoms with Crippen molar-refractivity contribution in [1.29, 1.82) is 5.26 Å². The first-order chi connectivity index (χ1) is 15.5. The average molecular weight is 431 g/mol. The van der Waals surface area contributed by atoms with E-state index in [9.17, 15) is 10.1 Å². The Hall–Kier alpha value is -3.86. The molecule has 1 aliphatic heterocycles. The molecule has 2 heterocycles. The van der Waals surface area contributed by atoms with Crippen LogP contribution in [0.4, 0.5) is 17.5 Å². The second-order valence-corrected chi connectivity index (χ2v) is 8.01. The minimum Gasteiger partial charge on any atom is -0.497 e. The molecule has 0 saturated carbocycles. The molecule has 0 spiro atoms. The number of carbonyl (C=O) groups is 1. The van der Waals surface area contributed by atoms with Gasteiger partial charge in [0.2, 0.25) is 11.9 Å². The van der Waals surface area contributed by atoms with Crippen LogP contribution in [0.25, 0.3) is 10.9 Å². The number of aryl methyl sites for hydroxylation is 1. The van der Waals surface area contributed by atoms with E-state index in [1.807, 2.05) is 37.3 Å². The van der Waals surface area contributed by atoms with E-state index in [-0.39, 0.29) is 11.9 Å². The molecule has 1 aromatic heterocycles. The van der Waals surface area contributed by atoms with Crippen LogP contribution >= 0.6 is 0 Å². The lowest BCUT2D eigenvalue weighted by Crippen LogP contribution is -2.47. The first kappa shape index (κ1) is 21.4. The van der Waals surface area contributed by atoms with E-state index >= 15 is 0 Å². The van der Waals surface area contributed by atoms with Crippen LogP contribution in [0.2, 0.25) is 0 Å². The number of hydrogen-bond acceptors (Lipinski definition) is 7. The molecule has 0 aliphatic carbocycles. The van der Waals surface area contributed by atoms with Crippen molar-refractivity contribution in [1.82, 2.24) is 15.3 Å². The Bertz CT molecular complexity index is 1200. The summed E-state index contributed by atoms with van der Waals surface area (Å²) in [7, 11) is 1.63. The van der Waals surface area contributed by atoms with Crippen LogP contribution in [-0.2, 0) is 4.79 Å². The predicted octanol–water partition coefficient (Wildman–Crippen LogP) is 3.67. The molecular weight excluding hydrogens is 404 g/mol. The van der Waals surface area contributed by atoms with Gasteiger partial charge in [0.15, 0.2) is 0 Å². The maximum absolute atomic E-state index is 11.6. The monoisotopic (exact) mass is 430 g/mol. The van der Waals surface area contributed by atoms with Gasteiger partial charge in [-0.1, -0.05) is 6.07 Å². The molecule has 1 unspecified atom stereocenters. The molecule has 3 aromatic rings. The molecule has 2 N–H and O–H groups in total. The van der Waals surface area contributed by atoms with E-state index < -0.39 is 0 Å². The molecule has 0 radical (unpaired) electrons. The van der Waals surface area contributed by atoms with Crippen molar-refractivity contribution in [2.24, 2.45) is 0 Å². The number of amides is 1. The zero-order chi connectivity index (χ0) is 22.7. The SMILES string of the molecule is COc1ccc2nc(Nc3ccc(C)c(C#N)c3)nc(N3CCCC(NC(C)=O)C3)c2c1. The Labute approximate surface area is 187 Å². The summed E-state index contributed by atoms with van der Waals surface area (Å²) in [4.78, 5) is 23.3. The number of nitrogens with one attached hydrogen (secondary N) is 2. The second-order valence-electron chi connectivity index (χ2n) is 8.01. The average Bonchev–Trinajstić information content (AvgIpc) is 2.79. The zero-order valence-corrected chi connectivity index (χ0v) is 18.5. The Balaban J connectivity index is 1.74. The molecule has 8 nitrogen and oxygen atoms in total. The van der Waals surface area contributed by atoms with Crippen molar-refractivity contribution in [2.75, 3.05) is 30.4 Å². The fourth-order valence-electron chi connectivity index (χ4n) is 4.04. The summed E-state index contributed by atoms with van der Waals surface area (Å²) < 4.78 is 5.42.